The Balaban J connectivity index is 2.03. The van der Waals surface area contributed by atoms with Crippen molar-refractivity contribution in [3.63, 3.8) is 0 Å². The molecular formula is C15H26N2O4. The van der Waals surface area contributed by atoms with Crippen LogP contribution in [-0.2, 0) is 9.53 Å². The van der Waals surface area contributed by atoms with Gasteiger partial charge in [-0.1, -0.05) is 6.92 Å². The van der Waals surface area contributed by atoms with Crippen molar-refractivity contribution in [1.82, 2.24) is 10.2 Å². The molecule has 0 spiro atoms. The summed E-state index contributed by atoms with van der Waals surface area (Å²) in [6.45, 7) is 6.97. The summed E-state index contributed by atoms with van der Waals surface area (Å²) in [6, 6.07) is -0.283. The summed E-state index contributed by atoms with van der Waals surface area (Å²) in [7, 11) is 0. The molecule has 2 rings (SSSR count). The van der Waals surface area contributed by atoms with Gasteiger partial charge in [0.05, 0.1) is 12.2 Å². The Morgan fingerprint density at radius 2 is 1.67 bits per heavy atom. The van der Waals surface area contributed by atoms with E-state index in [1.54, 1.807) is 4.90 Å². The fourth-order valence-electron chi connectivity index (χ4n) is 3.27. The molecule has 2 N–H and O–H groups in total. The average molecular weight is 298 g/mol. The Hall–Kier alpha value is -1.30. The van der Waals surface area contributed by atoms with Gasteiger partial charge < -0.3 is 20.1 Å². The Morgan fingerprint density at radius 3 is 2.14 bits per heavy atom. The zero-order valence-electron chi connectivity index (χ0n) is 13.1. The SMILES string of the molecule is CC1CCC(NC(=O)N2CC(C)OC(C)C2)(C(=O)O)CC1. The summed E-state index contributed by atoms with van der Waals surface area (Å²) in [6.07, 6.45) is 2.64. The highest BCUT2D eigenvalue weighted by Crippen LogP contribution is 2.32. The lowest BCUT2D eigenvalue weighted by molar-refractivity contribution is -0.146. The number of morpholine rings is 1. The van der Waals surface area contributed by atoms with Gasteiger partial charge in [-0.05, 0) is 45.4 Å². The first-order valence-corrected chi connectivity index (χ1v) is 7.78. The van der Waals surface area contributed by atoms with Gasteiger partial charge in [0.1, 0.15) is 5.54 Å². The van der Waals surface area contributed by atoms with Crippen LogP contribution in [0.25, 0.3) is 0 Å². The lowest BCUT2D eigenvalue weighted by Gasteiger charge is -2.40. The molecule has 1 heterocycles. The van der Waals surface area contributed by atoms with Crippen LogP contribution in [0.15, 0.2) is 0 Å². The maximum Gasteiger partial charge on any atom is 0.329 e. The Labute approximate surface area is 125 Å². The van der Waals surface area contributed by atoms with Crippen molar-refractivity contribution >= 4 is 12.0 Å². The Kier molecular flexibility index (Phi) is 4.76. The monoisotopic (exact) mass is 298 g/mol. The highest BCUT2D eigenvalue weighted by Gasteiger charge is 2.43. The number of urea groups is 1. The molecule has 0 radical (unpaired) electrons. The zero-order valence-corrected chi connectivity index (χ0v) is 13.1. The number of amides is 2. The van der Waals surface area contributed by atoms with Gasteiger partial charge in [0.25, 0.3) is 0 Å². The van der Waals surface area contributed by atoms with Crippen molar-refractivity contribution in [3.05, 3.63) is 0 Å². The zero-order chi connectivity index (χ0) is 15.6. The van der Waals surface area contributed by atoms with E-state index in [4.69, 9.17) is 4.74 Å². The van der Waals surface area contributed by atoms with Crippen LogP contribution in [0.1, 0.15) is 46.5 Å². The molecule has 1 saturated carbocycles. The van der Waals surface area contributed by atoms with Gasteiger partial charge in [-0.2, -0.15) is 0 Å². The highest BCUT2D eigenvalue weighted by molar-refractivity contribution is 5.86. The molecule has 120 valence electrons. The molecule has 2 aliphatic rings. The lowest BCUT2D eigenvalue weighted by atomic mass is 9.77. The molecular weight excluding hydrogens is 272 g/mol. The number of carbonyl (C=O) groups excluding carboxylic acids is 1. The smallest absolute Gasteiger partial charge is 0.329 e. The third kappa shape index (κ3) is 3.67. The van der Waals surface area contributed by atoms with E-state index in [-0.39, 0.29) is 18.2 Å². The summed E-state index contributed by atoms with van der Waals surface area (Å²) in [5.74, 6) is -0.394. The Bertz CT molecular complexity index is 394. The molecule has 0 aromatic rings. The van der Waals surface area contributed by atoms with Crippen LogP contribution in [0.4, 0.5) is 4.79 Å². The third-order valence-corrected chi connectivity index (χ3v) is 4.59. The summed E-state index contributed by atoms with van der Waals surface area (Å²) in [4.78, 5) is 25.8. The first kappa shape index (κ1) is 16.1. The summed E-state index contributed by atoms with van der Waals surface area (Å²) < 4.78 is 5.61. The molecule has 1 aliphatic heterocycles. The molecule has 2 atom stereocenters. The van der Waals surface area contributed by atoms with E-state index in [0.717, 1.165) is 12.8 Å². The minimum absolute atomic E-state index is 0.0216. The molecule has 1 aliphatic carbocycles. The number of hydrogen-bond acceptors (Lipinski definition) is 3. The molecule has 2 fully saturated rings. The Morgan fingerprint density at radius 1 is 1.14 bits per heavy atom. The van der Waals surface area contributed by atoms with Crippen molar-refractivity contribution in [2.24, 2.45) is 5.92 Å². The number of carboxylic acid groups (broad SMARTS) is 1. The van der Waals surface area contributed by atoms with Gasteiger partial charge in [-0.15, -0.1) is 0 Å². The van der Waals surface area contributed by atoms with Crippen molar-refractivity contribution in [2.45, 2.75) is 64.2 Å². The predicted octanol–water partition coefficient (Wildman–Crippen LogP) is 1.84. The first-order valence-electron chi connectivity index (χ1n) is 7.78. The number of carbonyl (C=O) groups is 2. The molecule has 21 heavy (non-hydrogen) atoms. The van der Waals surface area contributed by atoms with Crippen molar-refractivity contribution in [3.8, 4) is 0 Å². The first-order chi connectivity index (χ1) is 9.82. The molecule has 0 aromatic carbocycles. The van der Waals surface area contributed by atoms with Crippen molar-refractivity contribution in [1.29, 1.82) is 0 Å². The van der Waals surface area contributed by atoms with Crippen LogP contribution in [0.3, 0.4) is 0 Å². The van der Waals surface area contributed by atoms with Crippen molar-refractivity contribution in [2.75, 3.05) is 13.1 Å². The summed E-state index contributed by atoms with van der Waals surface area (Å²) >= 11 is 0. The number of rotatable bonds is 2. The molecule has 2 amide bonds. The maximum atomic E-state index is 12.4. The van der Waals surface area contributed by atoms with E-state index in [0.29, 0.717) is 31.8 Å². The van der Waals surface area contributed by atoms with Crippen LogP contribution < -0.4 is 5.32 Å². The van der Waals surface area contributed by atoms with Crippen LogP contribution in [-0.4, -0.2) is 52.8 Å². The highest BCUT2D eigenvalue weighted by atomic mass is 16.5. The minimum atomic E-state index is -1.10. The molecule has 6 nitrogen and oxygen atoms in total. The van der Waals surface area contributed by atoms with E-state index >= 15 is 0 Å². The number of hydrogen-bond donors (Lipinski definition) is 2. The van der Waals surface area contributed by atoms with Gasteiger partial charge >= 0.3 is 12.0 Å². The summed E-state index contributed by atoms with van der Waals surface area (Å²) in [5, 5.41) is 12.4. The number of nitrogens with one attached hydrogen (secondary N) is 1. The topological polar surface area (TPSA) is 78.9 Å². The number of carboxylic acids is 1. The normalized spacial score (nSPS) is 37.1. The molecule has 2 unspecified atom stereocenters. The number of ether oxygens (including phenoxy) is 1. The second kappa shape index (κ2) is 6.22. The van der Waals surface area contributed by atoms with Crippen LogP contribution >= 0.6 is 0 Å². The second-order valence-corrected chi connectivity index (χ2v) is 6.66. The maximum absolute atomic E-state index is 12.4. The number of aliphatic carboxylic acids is 1. The fourth-order valence-corrected chi connectivity index (χ4v) is 3.27. The lowest BCUT2D eigenvalue weighted by Crippen LogP contribution is -2.61. The minimum Gasteiger partial charge on any atom is -0.480 e. The summed E-state index contributed by atoms with van der Waals surface area (Å²) in [5.41, 5.74) is -1.10. The molecule has 0 bridgehead atoms. The number of nitrogens with zero attached hydrogens (tertiary/aromatic N) is 1. The van der Waals surface area contributed by atoms with E-state index < -0.39 is 11.5 Å². The van der Waals surface area contributed by atoms with Gasteiger partial charge in [0, 0.05) is 13.1 Å². The van der Waals surface area contributed by atoms with Crippen LogP contribution in [0, 0.1) is 5.92 Å². The molecule has 0 aromatic heterocycles. The van der Waals surface area contributed by atoms with E-state index in [1.807, 2.05) is 13.8 Å². The average Bonchev–Trinajstić information content (AvgIpc) is 2.40. The fraction of sp³-hybridized carbons (Fsp3) is 0.867. The quantitative estimate of drug-likeness (QED) is 0.815. The van der Waals surface area contributed by atoms with Gasteiger partial charge in [-0.3, -0.25) is 0 Å². The second-order valence-electron chi connectivity index (χ2n) is 6.66. The van der Waals surface area contributed by atoms with Gasteiger partial charge in [0.15, 0.2) is 0 Å². The third-order valence-electron chi connectivity index (χ3n) is 4.59. The van der Waals surface area contributed by atoms with E-state index in [1.165, 1.54) is 0 Å². The standard InChI is InChI=1S/C15H26N2O4/c1-10-4-6-15(7-5-10,13(18)19)16-14(20)17-8-11(2)21-12(3)9-17/h10-12H,4-9H2,1-3H3,(H,16,20)(H,18,19). The van der Waals surface area contributed by atoms with E-state index in [2.05, 4.69) is 12.2 Å². The van der Waals surface area contributed by atoms with Gasteiger partial charge in [-0.25, -0.2) is 9.59 Å². The van der Waals surface area contributed by atoms with E-state index in [9.17, 15) is 14.7 Å². The van der Waals surface area contributed by atoms with Gasteiger partial charge in [0.2, 0.25) is 0 Å². The molecule has 6 heteroatoms. The van der Waals surface area contributed by atoms with Crippen LogP contribution in [0.2, 0.25) is 0 Å². The van der Waals surface area contributed by atoms with Crippen molar-refractivity contribution < 1.29 is 19.4 Å². The molecule has 1 saturated heterocycles. The largest absolute Gasteiger partial charge is 0.480 e. The predicted molar refractivity (Wildman–Crippen MR) is 78.1 cm³/mol. The van der Waals surface area contributed by atoms with Crippen LogP contribution in [0.5, 0.6) is 0 Å².